The van der Waals surface area contributed by atoms with Gasteiger partial charge in [-0.25, -0.2) is 0 Å². The number of hydrogen-bond acceptors (Lipinski definition) is 2. The fraction of sp³-hybridized carbons (Fsp3) is 0.864. The fourth-order valence-corrected chi connectivity index (χ4v) is 7.79. The van der Waals surface area contributed by atoms with E-state index >= 15 is 0 Å². The Hall–Kier alpha value is -0.790. The van der Waals surface area contributed by atoms with E-state index in [4.69, 9.17) is 4.74 Å². The predicted molar refractivity (Wildman–Crippen MR) is 96.4 cm³/mol. The van der Waals surface area contributed by atoms with Crippen molar-refractivity contribution in [3.8, 4) is 0 Å². The van der Waals surface area contributed by atoms with Gasteiger partial charge in [-0.15, -0.1) is 0 Å². The Kier molecular flexibility index (Phi) is 3.72. The molecule has 3 saturated carbocycles. The Labute approximate surface area is 147 Å². The molecule has 1 spiro atoms. The van der Waals surface area contributed by atoms with Crippen molar-refractivity contribution in [3.05, 3.63) is 12.2 Å². The molecule has 0 amide bonds. The molecule has 2 heteroatoms. The van der Waals surface area contributed by atoms with E-state index in [2.05, 4.69) is 32.9 Å². The second kappa shape index (κ2) is 5.35. The first-order valence-corrected chi connectivity index (χ1v) is 10.1. The molecule has 2 bridgehead atoms. The molecule has 0 aliphatic heterocycles. The zero-order chi connectivity index (χ0) is 17.2. The van der Waals surface area contributed by atoms with Gasteiger partial charge in [-0.1, -0.05) is 32.9 Å². The second-order valence-electron chi connectivity index (χ2n) is 10.1. The van der Waals surface area contributed by atoms with Crippen molar-refractivity contribution in [3.63, 3.8) is 0 Å². The van der Waals surface area contributed by atoms with Crippen LogP contribution in [0.3, 0.4) is 0 Å². The summed E-state index contributed by atoms with van der Waals surface area (Å²) in [6.07, 6.45) is 14.5. The molecule has 3 fully saturated rings. The van der Waals surface area contributed by atoms with Crippen LogP contribution in [0.15, 0.2) is 12.2 Å². The minimum absolute atomic E-state index is 0.109. The van der Waals surface area contributed by atoms with Crippen molar-refractivity contribution in [2.75, 3.05) is 6.61 Å². The summed E-state index contributed by atoms with van der Waals surface area (Å²) in [5.41, 5.74) is 1.01. The number of rotatable bonds is 2. The maximum Gasteiger partial charge on any atom is 0.302 e. The van der Waals surface area contributed by atoms with Crippen molar-refractivity contribution < 1.29 is 9.53 Å². The van der Waals surface area contributed by atoms with Crippen molar-refractivity contribution in [2.24, 2.45) is 39.9 Å². The zero-order valence-electron chi connectivity index (χ0n) is 15.9. The average Bonchev–Trinajstić information content (AvgIpc) is 2.74. The molecule has 0 radical (unpaired) electrons. The molecule has 134 valence electrons. The van der Waals surface area contributed by atoms with Gasteiger partial charge in [0.05, 0.1) is 6.61 Å². The van der Waals surface area contributed by atoms with Gasteiger partial charge in [0.25, 0.3) is 0 Å². The summed E-state index contributed by atoms with van der Waals surface area (Å²) < 4.78 is 5.52. The number of hydrogen-bond donors (Lipinski definition) is 0. The summed E-state index contributed by atoms with van der Waals surface area (Å²) in [4.78, 5) is 11.4. The molecule has 7 atom stereocenters. The summed E-state index contributed by atoms with van der Waals surface area (Å²) in [6, 6.07) is 0. The van der Waals surface area contributed by atoms with E-state index in [-0.39, 0.29) is 11.4 Å². The van der Waals surface area contributed by atoms with Crippen LogP contribution in [0.5, 0.6) is 0 Å². The van der Waals surface area contributed by atoms with Crippen LogP contribution in [-0.2, 0) is 9.53 Å². The highest BCUT2D eigenvalue weighted by molar-refractivity contribution is 5.65. The molecular weight excluding hydrogens is 296 g/mol. The minimum atomic E-state index is -0.134. The van der Waals surface area contributed by atoms with Crippen LogP contribution in [0.25, 0.3) is 0 Å². The summed E-state index contributed by atoms with van der Waals surface area (Å²) >= 11 is 0. The molecule has 0 saturated heterocycles. The van der Waals surface area contributed by atoms with Gasteiger partial charge in [-0.05, 0) is 79.4 Å². The first kappa shape index (κ1) is 16.7. The molecule has 4 rings (SSSR count). The Morgan fingerprint density at radius 3 is 2.71 bits per heavy atom. The third-order valence-electron chi connectivity index (χ3n) is 8.71. The van der Waals surface area contributed by atoms with Gasteiger partial charge in [-0.3, -0.25) is 4.79 Å². The first-order chi connectivity index (χ1) is 11.3. The monoisotopic (exact) mass is 330 g/mol. The maximum atomic E-state index is 11.4. The Morgan fingerprint density at radius 1 is 1.17 bits per heavy atom. The fourth-order valence-electron chi connectivity index (χ4n) is 7.79. The lowest BCUT2D eigenvalue weighted by Gasteiger charge is -2.62. The lowest BCUT2D eigenvalue weighted by Crippen LogP contribution is -2.56. The largest absolute Gasteiger partial charge is 0.465 e. The van der Waals surface area contributed by atoms with E-state index in [1.807, 2.05) is 0 Å². The number of allylic oxidation sites excluding steroid dienone is 2. The van der Waals surface area contributed by atoms with E-state index in [1.165, 1.54) is 45.4 Å². The number of carbonyl (C=O) groups excluding carboxylic acids is 1. The second-order valence-corrected chi connectivity index (χ2v) is 10.1. The average molecular weight is 331 g/mol. The smallest absolute Gasteiger partial charge is 0.302 e. The van der Waals surface area contributed by atoms with Crippen LogP contribution in [-0.4, -0.2) is 12.6 Å². The Bertz CT molecular complexity index is 562. The summed E-state index contributed by atoms with van der Waals surface area (Å²) in [5, 5.41) is 0. The normalized spacial score (nSPS) is 52.5. The molecule has 0 heterocycles. The number of fused-ring (bicyclic) bond motifs is 3. The third-order valence-corrected chi connectivity index (χ3v) is 8.71. The molecule has 2 nitrogen and oxygen atoms in total. The van der Waals surface area contributed by atoms with E-state index in [0.29, 0.717) is 23.4 Å². The van der Waals surface area contributed by atoms with Crippen LogP contribution in [0.4, 0.5) is 0 Å². The molecule has 4 aliphatic carbocycles. The predicted octanol–water partition coefficient (Wildman–Crippen LogP) is 5.37. The van der Waals surface area contributed by atoms with E-state index < -0.39 is 0 Å². The number of ether oxygens (including phenoxy) is 1. The standard InChI is InChI=1S/C22H34O2/c1-15-12-22-11-8-18-20(3,14-24-16(2)23)9-5-10-21(18,4)19(22)7-6-17(15)13-22/h5,10,15,17-19H,6-9,11-14H2,1-4H3/t15-,17+,18+,19-,20+,21+,22+/m1/s1. The molecule has 0 aromatic rings. The van der Waals surface area contributed by atoms with E-state index in [9.17, 15) is 4.79 Å². The quantitative estimate of drug-likeness (QED) is 0.502. The lowest BCUT2D eigenvalue weighted by molar-refractivity contribution is -0.154. The maximum absolute atomic E-state index is 11.4. The van der Waals surface area contributed by atoms with Crippen LogP contribution >= 0.6 is 0 Å². The van der Waals surface area contributed by atoms with Crippen LogP contribution < -0.4 is 0 Å². The summed E-state index contributed by atoms with van der Waals surface area (Å²) in [6.45, 7) is 9.53. The highest BCUT2D eigenvalue weighted by Crippen LogP contribution is 2.71. The lowest BCUT2D eigenvalue weighted by atomic mass is 9.42. The third kappa shape index (κ3) is 2.24. The minimum Gasteiger partial charge on any atom is -0.465 e. The van der Waals surface area contributed by atoms with Crippen LogP contribution in [0, 0.1) is 39.9 Å². The Balaban J connectivity index is 1.66. The Morgan fingerprint density at radius 2 is 1.96 bits per heavy atom. The van der Waals surface area contributed by atoms with Crippen molar-refractivity contribution in [1.29, 1.82) is 0 Å². The van der Waals surface area contributed by atoms with Gasteiger partial charge in [0, 0.05) is 12.3 Å². The molecule has 24 heavy (non-hydrogen) atoms. The van der Waals surface area contributed by atoms with Crippen molar-refractivity contribution in [2.45, 2.75) is 72.6 Å². The number of carbonyl (C=O) groups is 1. The topological polar surface area (TPSA) is 26.3 Å². The SMILES string of the molecule is CC(=O)OC[C@]1(C)CC=C[C@@]2(C)[C@H]1CC[C@]13C[C@H](CC[C@@H]12)[C@H](C)C3. The highest BCUT2D eigenvalue weighted by Gasteiger charge is 2.63. The number of esters is 1. The molecule has 0 aromatic carbocycles. The summed E-state index contributed by atoms with van der Waals surface area (Å²) in [7, 11) is 0. The van der Waals surface area contributed by atoms with Crippen molar-refractivity contribution in [1.82, 2.24) is 0 Å². The molecule has 0 aromatic heterocycles. The molecule has 0 unspecified atom stereocenters. The van der Waals surface area contributed by atoms with E-state index in [1.54, 1.807) is 0 Å². The van der Waals surface area contributed by atoms with Crippen LogP contribution in [0.2, 0.25) is 0 Å². The molecule has 4 aliphatic rings. The zero-order valence-corrected chi connectivity index (χ0v) is 15.9. The van der Waals surface area contributed by atoms with Crippen LogP contribution in [0.1, 0.15) is 72.6 Å². The summed E-state index contributed by atoms with van der Waals surface area (Å²) in [5.74, 6) is 3.26. The highest BCUT2D eigenvalue weighted by atomic mass is 16.5. The first-order valence-electron chi connectivity index (χ1n) is 10.1. The van der Waals surface area contributed by atoms with Gasteiger partial charge >= 0.3 is 5.97 Å². The molecule has 0 N–H and O–H groups in total. The van der Waals surface area contributed by atoms with Crippen molar-refractivity contribution >= 4 is 5.97 Å². The van der Waals surface area contributed by atoms with Gasteiger partial charge in [-0.2, -0.15) is 0 Å². The molecular formula is C22H34O2. The van der Waals surface area contributed by atoms with Gasteiger partial charge in [0.2, 0.25) is 0 Å². The van der Waals surface area contributed by atoms with Gasteiger partial charge in [0.1, 0.15) is 0 Å². The van der Waals surface area contributed by atoms with E-state index in [0.717, 1.165) is 24.2 Å². The van der Waals surface area contributed by atoms with Gasteiger partial charge in [0.15, 0.2) is 0 Å². The van der Waals surface area contributed by atoms with Gasteiger partial charge < -0.3 is 4.74 Å².